The summed E-state index contributed by atoms with van der Waals surface area (Å²) >= 11 is 1.64. The first-order chi connectivity index (χ1) is 10.8. The second-order valence-electron chi connectivity index (χ2n) is 5.42. The zero-order valence-electron chi connectivity index (χ0n) is 12.7. The maximum Gasteiger partial charge on any atom is 0.246 e. The third-order valence-electron chi connectivity index (χ3n) is 4.09. The average Bonchev–Trinajstić information content (AvgIpc) is 3.23. The van der Waals surface area contributed by atoms with Gasteiger partial charge in [0.25, 0.3) is 0 Å². The summed E-state index contributed by atoms with van der Waals surface area (Å²) in [5.41, 5.74) is 0. The highest BCUT2D eigenvalue weighted by Gasteiger charge is 2.25. The van der Waals surface area contributed by atoms with Crippen LogP contribution in [0.3, 0.4) is 0 Å². The molecule has 0 atom stereocenters. The molecule has 22 heavy (non-hydrogen) atoms. The number of carbonyl (C=O) groups is 1. The molecule has 1 saturated heterocycles. The third kappa shape index (κ3) is 3.27. The van der Waals surface area contributed by atoms with E-state index in [1.807, 2.05) is 28.5 Å². The maximum atomic E-state index is 12.2. The maximum absolute atomic E-state index is 12.2. The summed E-state index contributed by atoms with van der Waals surface area (Å²) in [7, 11) is 0. The number of hydrogen-bond donors (Lipinski definition) is 0. The minimum absolute atomic E-state index is 0.101. The Morgan fingerprint density at radius 1 is 1.45 bits per heavy atom. The molecule has 2 aromatic rings. The number of carbonyl (C=O) groups excluding carboxylic acids is 1. The summed E-state index contributed by atoms with van der Waals surface area (Å²) in [6, 6.07) is 4.00. The van der Waals surface area contributed by atoms with Crippen LogP contribution in [0.15, 0.2) is 29.9 Å². The van der Waals surface area contributed by atoms with Crippen LogP contribution < -0.4 is 0 Å². The predicted octanol–water partition coefficient (Wildman–Crippen LogP) is 2.78. The molecular weight excluding hydrogens is 296 g/mol. The SMILES string of the molecule is CCn1cnnc1C1CCN(C(=O)C=Cc2cccs2)CC1. The van der Waals surface area contributed by atoms with Crippen LogP contribution in [-0.2, 0) is 11.3 Å². The van der Waals surface area contributed by atoms with Gasteiger partial charge >= 0.3 is 0 Å². The first-order valence-corrected chi connectivity index (χ1v) is 8.54. The summed E-state index contributed by atoms with van der Waals surface area (Å²) in [4.78, 5) is 15.3. The molecule has 0 radical (unpaired) electrons. The van der Waals surface area contributed by atoms with Gasteiger partial charge in [-0.15, -0.1) is 21.5 Å². The Kier molecular flexibility index (Phi) is 4.68. The summed E-state index contributed by atoms with van der Waals surface area (Å²) in [5.74, 6) is 1.57. The summed E-state index contributed by atoms with van der Waals surface area (Å²) in [6.45, 7) is 4.57. The highest BCUT2D eigenvalue weighted by molar-refractivity contribution is 7.10. The molecule has 5 nitrogen and oxygen atoms in total. The molecule has 3 heterocycles. The molecule has 116 valence electrons. The number of hydrogen-bond acceptors (Lipinski definition) is 4. The molecule has 1 aliphatic rings. The van der Waals surface area contributed by atoms with E-state index in [0.717, 1.165) is 43.2 Å². The van der Waals surface area contributed by atoms with E-state index in [1.165, 1.54) is 0 Å². The van der Waals surface area contributed by atoms with Gasteiger partial charge < -0.3 is 9.47 Å². The minimum Gasteiger partial charge on any atom is -0.339 e. The Labute approximate surface area is 134 Å². The van der Waals surface area contributed by atoms with Crippen LogP contribution in [0.1, 0.15) is 36.4 Å². The Morgan fingerprint density at radius 2 is 2.27 bits per heavy atom. The molecule has 0 aliphatic carbocycles. The van der Waals surface area contributed by atoms with E-state index in [0.29, 0.717) is 5.92 Å². The molecular formula is C16H20N4OS. The Bertz CT molecular complexity index is 639. The fourth-order valence-electron chi connectivity index (χ4n) is 2.83. The Hall–Kier alpha value is -1.95. The van der Waals surface area contributed by atoms with Gasteiger partial charge in [0.2, 0.25) is 5.91 Å². The summed E-state index contributed by atoms with van der Waals surface area (Å²) in [6.07, 6.45) is 7.28. The smallest absolute Gasteiger partial charge is 0.246 e. The van der Waals surface area contributed by atoms with E-state index >= 15 is 0 Å². The fraction of sp³-hybridized carbons (Fsp3) is 0.438. The molecule has 0 saturated carbocycles. The lowest BCUT2D eigenvalue weighted by atomic mass is 9.96. The lowest BCUT2D eigenvalue weighted by molar-refractivity contribution is -0.127. The molecule has 1 fully saturated rings. The van der Waals surface area contributed by atoms with Crippen molar-refractivity contribution in [3.63, 3.8) is 0 Å². The quantitative estimate of drug-likeness (QED) is 0.815. The second-order valence-corrected chi connectivity index (χ2v) is 6.40. The standard InChI is InChI=1S/C16H20N4OS/c1-2-19-12-17-18-16(19)13-7-9-20(10-8-13)15(21)6-5-14-4-3-11-22-14/h3-6,11-13H,2,7-10H2,1H3. The van der Waals surface area contributed by atoms with E-state index in [9.17, 15) is 4.79 Å². The third-order valence-corrected chi connectivity index (χ3v) is 4.93. The fourth-order valence-corrected chi connectivity index (χ4v) is 3.44. The second kappa shape index (κ2) is 6.87. The summed E-state index contributed by atoms with van der Waals surface area (Å²) in [5, 5.41) is 10.3. The van der Waals surface area contributed by atoms with Crippen molar-refractivity contribution in [3.8, 4) is 0 Å². The van der Waals surface area contributed by atoms with Crippen molar-refractivity contribution < 1.29 is 4.79 Å². The molecule has 6 heteroatoms. The van der Waals surface area contributed by atoms with Gasteiger partial charge in [0.05, 0.1) is 0 Å². The van der Waals surface area contributed by atoms with Gasteiger partial charge in [-0.2, -0.15) is 0 Å². The van der Waals surface area contributed by atoms with Gasteiger partial charge in [-0.05, 0) is 37.3 Å². The number of likely N-dealkylation sites (tertiary alicyclic amines) is 1. The predicted molar refractivity (Wildman–Crippen MR) is 87.6 cm³/mol. The van der Waals surface area contributed by atoms with Gasteiger partial charge in [-0.3, -0.25) is 4.79 Å². The van der Waals surface area contributed by atoms with Crippen LogP contribution in [0.5, 0.6) is 0 Å². The number of piperidine rings is 1. The zero-order valence-corrected chi connectivity index (χ0v) is 13.5. The first-order valence-electron chi connectivity index (χ1n) is 7.66. The lowest BCUT2D eigenvalue weighted by Crippen LogP contribution is -2.37. The highest BCUT2D eigenvalue weighted by Crippen LogP contribution is 2.26. The topological polar surface area (TPSA) is 51.0 Å². The average molecular weight is 316 g/mol. The van der Waals surface area contributed by atoms with E-state index in [2.05, 4.69) is 21.7 Å². The van der Waals surface area contributed by atoms with Crippen molar-refractivity contribution in [2.24, 2.45) is 0 Å². The highest BCUT2D eigenvalue weighted by atomic mass is 32.1. The molecule has 1 amide bonds. The van der Waals surface area contributed by atoms with Gasteiger partial charge in [0.1, 0.15) is 12.2 Å². The van der Waals surface area contributed by atoms with Gasteiger partial charge in [0, 0.05) is 36.5 Å². The Balaban J connectivity index is 1.56. The van der Waals surface area contributed by atoms with Crippen LogP contribution >= 0.6 is 11.3 Å². The number of rotatable bonds is 4. The monoisotopic (exact) mass is 316 g/mol. The van der Waals surface area contributed by atoms with Crippen LogP contribution in [0, 0.1) is 0 Å². The van der Waals surface area contributed by atoms with Crippen molar-refractivity contribution >= 4 is 23.3 Å². The normalized spacial score (nSPS) is 16.5. The van der Waals surface area contributed by atoms with E-state index in [4.69, 9.17) is 0 Å². The summed E-state index contributed by atoms with van der Waals surface area (Å²) < 4.78 is 2.10. The van der Waals surface area contributed by atoms with Crippen LogP contribution in [-0.4, -0.2) is 38.7 Å². The zero-order chi connectivity index (χ0) is 15.4. The number of amides is 1. The first kappa shape index (κ1) is 15.0. The number of aryl methyl sites for hydroxylation is 1. The van der Waals surface area contributed by atoms with E-state index < -0.39 is 0 Å². The molecule has 3 rings (SSSR count). The Morgan fingerprint density at radius 3 is 2.95 bits per heavy atom. The van der Waals surface area contributed by atoms with Crippen molar-refractivity contribution in [1.82, 2.24) is 19.7 Å². The molecule has 0 aromatic carbocycles. The lowest BCUT2D eigenvalue weighted by Gasteiger charge is -2.30. The van der Waals surface area contributed by atoms with Gasteiger partial charge in [-0.25, -0.2) is 0 Å². The molecule has 1 aliphatic heterocycles. The van der Waals surface area contributed by atoms with Crippen molar-refractivity contribution in [2.75, 3.05) is 13.1 Å². The molecule has 0 spiro atoms. The number of nitrogens with zero attached hydrogens (tertiary/aromatic N) is 4. The molecule has 0 N–H and O–H groups in total. The minimum atomic E-state index is 0.101. The number of aromatic nitrogens is 3. The van der Waals surface area contributed by atoms with Crippen LogP contribution in [0.2, 0.25) is 0 Å². The van der Waals surface area contributed by atoms with E-state index in [1.54, 1.807) is 23.7 Å². The van der Waals surface area contributed by atoms with Crippen molar-refractivity contribution in [2.45, 2.75) is 32.2 Å². The van der Waals surface area contributed by atoms with Gasteiger partial charge in [0.15, 0.2) is 0 Å². The molecule has 0 unspecified atom stereocenters. The molecule has 2 aromatic heterocycles. The van der Waals surface area contributed by atoms with Crippen molar-refractivity contribution in [1.29, 1.82) is 0 Å². The van der Waals surface area contributed by atoms with E-state index in [-0.39, 0.29) is 5.91 Å². The van der Waals surface area contributed by atoms with Crippen molar-refractivity contribution in [3.05, 3.63) is 40.6 Å². The van der Waals surface area contributed by atoms with Crippen LogP contribution in [0.4, 0.5) is 0 Å². The largest absolute Gasteiger partial charge is 0.339 e. The number of thiophene rings is 1. The molecule has 0 bridgehead atoms. The van der Waals surface area contributed by atoms with Gasteiger partial charge in [-0.1, -0.05) is 6.07 Å². The van der Waals surface area contributed by atoms with Crippen LogP contribution in [0.25, 0.3) is 6.08 Å².